The normalized spacial score (nSPS) is 28.9. The average molecular weight is 374 g/mol. The van der Waals surface area contributed by atoms with Crippen molar-refractivity contribution in [2.75, 3.05) is 0 Å². The van der Waals surface area contributed by atoms with Gasteiger partial charge in [0.2, 0.25) is 10.0 Å². The highest BCUT2D eigenvalue weighted by molar-refractivity contribution is 9.10. The van der Waals surface area contributed by atoms with Gasteiger partial charge in [-0.15, -0.1) is 0 Å². The first-order chi connectivity index (χ1) is 9.88. The smallest absolute Gasteiger partial charge is 0.308 e. The zero-order valence-corrected chi connectivity index (χ0v) is 13.7. The lowest BCUT2D eigenvalue weighted by Gasteiger charge is -2.22. The molecule has 0 saturated carbocycles. The molecule has 0 aliphatic carbocycles. The Balaban J connectivity index is 1.82. The van der Waals surface area contributed by atoms with Gasteiger partial charge in [-0.05, 0) is 37.0 Å². The van der Waals surface area contributed by atoms with E-state index in [1.54, 1.807) is 12.1 Å². The molecule has 2 aliphatic rings. The van der Waals surface area contributed by atoms with Crippen LogP contribution in [-0.4, -0.2) is 35.9 Å². The summed E-state index contributed by atoms with van der Waals surface area (Å²) >= 11 is 3.32. The van der Waals surface area contributed by atoms with Crippen molar-refractivity contribution in [3.05, 3.63) is 34.3 Å². The topological polar surface area (TPSA) is 74.7 Å². The highest BCUT2D eigenvalue weighted by atomic mass is 79.9. The zero-order chi connectivity index (χ0) is 15.2. The summed E-state index contributed by atoms with van der Waals surface area (Å²) in [6, 6.07) is 6.65. The number of sulfonamides is 1. The number of nitrogens with zero attached hydrogens (tertiary/aromatic N) is 1. The van der Waals surface area contributed by atoms with E-state index in [1.807, 2.05) is 12.1 Å². The van der Waals surface area contributed by atoms with Crippen LogP contribution in [0, 0.1) is 5.92 Å². The van der Waals surface area contributed by atoms with Gasteiger partial charge in [-0.25, -0.2) is 8.42 Å². The minimum Gasteiger partial charge on any atom is -0.481 e. The first-order valence-corrected chi connectivity index (χ1v) is 9.27. The molecule has 21 heavy (non-hydrogen) atoms. The van der Waals surface area contributed by atoms with Crippen LogP contribution in [0.4, 0.5) is 0 Å². The molecule has 3 unspecified atom stereocenters. The van der Waals surface area contributed by atoms with Crippen molar-refractivity contribution < 1.29 is 18.3 Å². The van der Waals surface area contributed by atoms with Crippen molar-refractivity contribution >= 4 is 31.9 Å². The molecule has 0 radical (unpaired) electrons. The summed E-state index contributed by atoms with van der Waals surface area (Å²) in [4.78, 5) is 11.2. The van der Waals surface area contributed by atoms with Gasteiger partial charge in [0.25, 0.3) is 0 Å². The molecule has 7 heteroatoms. The summed E-state index contributed by atoms with van der Waals surface area (Å²) in [5, 5.41) is 9.21. The fraction of sp³-hybridized carbons (Fsp3) is 0.500. The highest BCUT2D eigenvalue weighted by Gasteiger charge is 2.53. The van der Waals surface area contributed by atoms with Gasteiger partial charge in [-0.2, -0.15) is 4.31 Å². The van der Waals surface area contributed by atoms with E-state index in [2.05, 4.69) is 15.9 Å². The van der Waals surface area contributed by atoms with Gasteiger partial charge in [-0.3, -0.25) is 4.79 Å². The summed E-state index contributed by atoms with van der Waals surface area (Å²) in [7, 11) is -3.47. The van der Waals surface area contributed by atoms with Gasteiger partial charge in [0, 0.05) is 16.6 Å². The van der Waals surface area contributed by atoms with Crippen molar-refractivity contribution in [2.24, 2.45) is 5.92 Å². The van der Waals surface area contributed by atoms with Crippen LogP contribution in [-0.2, 0) is 20.6 Å². The molecule has 2 fully saturated rings. The Hall–Kier alpha value is -0.920. The molecule has 114 valence electrons. The Morgan fingerprint density at radius 2 is 1.95 bits per heavy atom. The Morgan fingerprint density at radius 1 is 1.29 bits per heavy atom. The fourth-order valence-corrected chi connectivity index (χ4v) is 5.84. The lowest BCUT2D eigenvalue weighted by molar-refractivity contribution is -0.142. The van der Waals surface area contributed by atoms with Crippen LogP contribution in [0.15, 0.2) is 28.7 Å². The summed E-state index contributed by atoms with van der Waals surface area (Å²) in [5.74, 6) is -1.51. The molecular weight excluding hydrogens is 358 g/mol. The maximum atomic E-state index is 12.6. The molecule has 2 aliphatic heterocycles. The van der Waals surface area contributed by atoms with E-state index in [-0.39, 0.29) is 17.8 Å². The van der Waals surface area contributed by atoms with Crippen LogP contribution in [0.1, 0.15) is 24.8 Å². The third-order valence-electron chi connectivity index (χ3n) is 4.37. The molecule has 2 saturated heterocycles. The number of hydrogen-bond acceptors (Lipinski definition) is 3. The fourth-order valence-electron chi connectivity index (χ4n) is 3.50. The minimum absolute atomic E-state index is 0.0698. The van der Waals surface area contributed by atoms with E-state index in [0.717, 1.165) is 16.5 Å². The molecule has 1 aromatic carbocycles. The monoisotopic (exact) mass is 373 g/mol. The molecule has 3 rings (SSSR count). The second-order valence-electron chi connectivity index (χ2n) is 5.69. The molecule has 1 aromatic rings. The molecule has 0 spiro atoms. The second kappa shape index (κ2) is 5.37. The quantitative estimate of drug-likeness (QED) is 0.877. The van der Waals surface area contributed by atoms with Crippen molar-refractivity contribution in [1.29, 1.82) is 0 Å². The number of hydrogen-bond donors (Lipinski definition) is 1. The molecule has 0 amide bonds. The van der Waals surface area contributed by atoms with Crippen molar-refractivity contribution in [3.8, 4) is 0 Å². The van der Waals surface area contributed by atoms with Gasteiger partial charge in [0.05, 0.1) is 11.7 Å². The molecule has 5 nitrogen and oxygen atoms in total. The Labute approximate surface area is 132 Å². The van der Waals surface area contributed by atoms with Crippen LogP contribution >= 0.6 is 15.9 Å². The van der Waals surface area contributed by atoms with Gasteiger partial charge < -0.3 is 5.11 Å². The van der Waals surface area contributed by atoms with Crippen molar-refractivity contribution in [3.63, 3.8) is 0 Å². The molecule has 1 N–H and O–H groups in total. The number of benzene rings is 1. The van der Waals surface area contributed by atoms with E-state index in [1.165, 1.54) is 4.31 Å². The number of aliphatic carboxylic acids is 1. The number of carboxylic acid groups (broad SMARTS) is 1. The largest absolute Gasteiger partial charge is 0.481 e. The minimum atomic E-state index is -3.47. The van der Waals surface area contributed by atoms with Crippen molar-refractivity contribution in [2.45, 2.75) is 37.1 Å². The second-order valence-corrected chi connectivity index (χ2v) is 8.48. The van der Waals surface area contributed by atoms with E-state index in [9.17, 15) is 18.3 Å². The van der Waals surface area contributed by atoms with E-state index >= 15 is 0 Å². The SMILES string of the molecule is O=C(O)C1CC2CCC1N2S(=O)(=O)Cc1ccc(Br)cc1. The van der Waals surface area contributed by atoms with Crippen LogP contribution < -0.4 is 0 Å². The summed E-state index contributed by atoms with van der Waals surface area (Å²) in [6.07, 6.45) is 1.87. The van der Waals surface area contributed by atoms with Crippen LogP contribution in [0.25, 0.3) is 0 Å². The standard InChI is InChI=1S/C14H16BrNO4S/c15-10-3-1-9(2-4-10)8-21(19,20)16-11-5-6-13(16)12(7-11)14(17)18/h1-4,11-13H,5-8H2,(H,17,18). The van der Waals surface area contributed by atoms with E-state index < -0.39 is 21.9 Å². The third-order valence-corrected chi connectivity index (χ3v) is 6.81. The lowest BCUT2D eigenvalue weighted by atomic mass is 9.89. The first kappa shape index (κ1) is 15.0. The first-order valence-electron chi connectivity index (χ1n) is 6.87. The molecule has 3 atom stereocenters. The van der Waals surface area contributed by atoms with Crippen LogP contribution in [0.5, 0.6) is 0 Å². The number of halogens is 1. The van der Waals surface area contributed by atoms with Crippen LogP contribution in [0.2, 0.25) is 0 Å². The summed E-state index contributed by atoms with van der Waals surface area (Å²) in [6.45, 7) is 0. The predicted octanol–water partition coefficient (Wildman–Crippen LogP) is 2.22. The Morgan fingerprint density at radius 3 is 2.52 bits per heavy atom. The van der Waals surface area contributed by atoms with E-state index in [0.29, 0.717) is 12.8 Å². The molecule has 2 bridgehead atoms. The molecule has 0 aromatic heterocycles. The van der Waals surface area contributed by atoms with Gasteiger partial charge in [0.1, 0.15) is 0 Å². The predicted molar refractivity (Wildman–Crippen MR) is 81.2 cm³/mol. The van der Waals surface area contributed by atoms with Crippen molar-refractivity contribution in [1.82, 2.24) is 4.31 Å². The van der Waals surface area contributed by atoms with Gasteiger partial charge in [0.15, 0.2) is 0 Å². The maximum absolute atomic E-state index is 12.6. The van der Waals surface area contributed by atoms with E-state index in [4.69, 9.17) is 0 Å². The summed E-state index contributed by atoms with van der Waals surface area (Å²) in [5.41, 5.74) is 0.719. The number of fused-ring (bicyclic) bond motifs is 2. The zero-order valence-electron chi connectivity index (χ0n) is 11.3. The average Bonchev–Trinajstić information content (AvgIpc) is 2.99. The highest BCUT2D eigenvalue weighted by Crippen LogP contribution is 2.44. The molecular formula is C14H16BrNO4S. The molecule has 2 heterocycles. The Kier molecular flexibility index (Phi) is 3.83. The van der Waals surface area contributed by atoms with Gasteiger partial charge >= 0.3 is 5.97 Å². The lowest BCUT2D eigenvalue weighted by Crippen LogP contribution is -2.38. The summed E-state index contributed by atoms with van der Waals surface area (Å²) < 4.78 is 27.6. The third kappa shape index (κ3) is 2.74. The maximum Gasteiger partial charge on any atom is 0.308 e. The number of carboxylic acids is 1. The Bertz CT molecular complexity index is 658. The van der Waals surface area contributed by atoms with Gasteiger partial charge in [-0.1, -0.05) is 28.1 Å². The number of carbonyl (C=O) groups is 1. The van der Waals surface area contributed by atoms with Crippen LogP contribution in [0.3, 0.4) is 0 Å². The number of rotatable bonds is 4.